The molecule has 5 heteroatoms. The fourth-order valence-electron chi connectivity index (χ4n) is 1.65. The highest BCUT2D eigenvalue weighted by atomic mass is 32.1. The van der Waals surface area contributed by atoms with Crippen LogP contribution < -0.4 is 5.32 Å². The second-order valence-electron chi connectivity index (χ2n) is 4.56. The smallest absolute Gasteiger partial charge is 0.223 e. The minimum absolute atomic E-state index is 0.256. The van der Waals surface area contributed by atoms with Crippen LogP contribution in [0.1, 0.15) is 30.2 Å². The molecule has 4 nitrogen and oxygen atoms in total. The van der Waals surface area contributed by atoms with E-state index in [2.05, 4.69) is 34.1 Å². The standard InChI is InChI=1S/C12H16N4S/c1-8-7-9(2)15-11(14-8)16-12(3,4)10-13-5-6-17-10/h5-7H,1-4H3,(H,14,15,16). The summed E-state index contributed by atoms with van der Waals surface area (Å²) in [4.78, 5) is 13.1. The van der Waals surface area contributed by atoms with Crippen LogP contribution in [0.2, 0.25) is 0 Å². The number of hydrogen-bond donors (Lipinski definition) is 1. The van der Waals surface area contributed by atoms with E-state index in [0.29, 0.717) is 5.95 Å². The average molecular weight is 248 g/mol. The van der Waals surface area contributed by atoms with Gasteiger partial charge in [-0.05, 0) is 33.8 Å². The van der Waals surface area contributed by atoms with Crippen molar-refractivity contribution in [2.45, 2.75) is 33.2 Å². The lowest BCUT2D eigenvalue weighted by atomic mass is 10.1. The van der Waals surface area contributed by atoms with Crippen LogP contribution in [0.5, 0.6) is 0 Å². The second kappa shape index (κ2) is 4.41. The lowest BCUT2D eigenvalue weighted by Gasteiger charge is -2.24. The Balaban J connectivity index is 2.26. The molecule has 0 aliphatic heterocycles. The summed E-state index contributed by atoms with van der Waals surface area (Å²) in [7, 11) is 0. The van der Waals surface area contributed by atoms with Gasteiger partial charge in [0, 0.05) is 23.0 Å². The van der Waals surface area contributed by atoms with E-state index in [-0.39, 0.29) is 5.54 Å². The molecule has 0 bridgehead atoms. The molecule has 1 N–H and O–H groups in total. The van der Waals surface area contributed by atoms with Crippen molar-refractivity contribution in [1.29, 1.82) is 0 Å². The van der Waals surface area contributed by atoms with Crippen molar-refractivity contribution < 1.29 is 0 Å². The summed E-state index contributed by atoms with van der Waals surface area (Å²) in [6.07, 6.45) is 1.81. The Morgan fingerprint density at radius 2 is 1.82 bits per heavy atom. The molecule has 17 heavy (non-hydrogen) atoms. The van der Waals surface area contributed by atoms with Crippen LogP contribution in [-0.4, -0.2) is 15.0 Å². The molecule has 0 aliphatic rings. The molecule has 0 saturated heterocycles. The Morgan fingerprint density at radius 1 is 1.18 bits per heavy atom. The first-order chi connectivity index (χ1) is 7.97. The van der Waals surface area contributed by atoms with E-state index < -0.39 is 0 Å². The number of aryl methyl sites for hydroxylation is 2. The molecule has 90 valence electrons. The van der Waals surface area contributed by atoms with Crippen LogP contribution in [0, 0.1) is 13.8 Å². The highest BCUT2D eigenvalue weighted by Gasteiger charge is 2.24. The van der Waals surface area contributed by atoms with Gasteiger partial charge in [-0.25, -0.2) is 15.0 Å². The van der Waals surface area contributed by atoms with Crippen molar-refractivity contribution in [3.63, 3.8) is 0 Å². The van der Waals surface area contributed by atoms with Gasteiger partial charge in [0.1, 0.15) is 5.01 Å². The van der Waals surface area contributed by atoms with Crippen LogP contribution in [0.15, 0.2) is 17.6 Å². The van der Waals surface area contributed by atoms with E-state index in [9.17, 15) is 0 Å². The number of anilines is 1. The van der Waals surface area contributed by atoms with Crippen LogP contribution >= 0.6 is 11.3 Å². The number of nitrogens with one attached hydrogen (secondary N) is 1. The molecule has 0 aliphatic carbocycles. The number of aromatic nitrogens is 3. The van der Waals surface area contributed by atoms with Gasteiger partial charge in [-0.2, -0.15) is 0 Å². The van der Waals surface area contributed by atoms with Gasteiger partial charge in [0.15, 0.2) is 0 Å². The van der Waals surface area contributed by atoms with Gasteiger partial charge in [0.05, 0.1) is 5.54 Å². The summed E-state index contributed by atoms with van der Waals surface area (Å²) in [5.74, 6) is 0.655. The van der Waals surface area contributed by atoms with E-state index in [1.165, 1.54) is 0 Å². The van der Waals surface area contributed by atoms with Gasteiger partial charge >= 0.3 is 0 Å². The number of hydrogen-bond acceptors (Lipinski definition) is 5. The molecule has 2 aromatic heterocycles. The molecule has 0 atom stereocenters. The minimum atomic E-state index is -0.256. The first-order valence-corrected chi connectivity index (χ1v) is 6.36. The largest absolute Gasteiger partial charge is 0.343 e. The maximum atomic E-state index is 4.38. The summed E-state index contributed by atoms with van der Waals surface area (Å²) < 4.78 is 0. The SMILES string of the molecule is Cc1cc(C)nc(NC(C)(C)c2nccs2)n1. The third-order valence-electron chi connectivity index (χ3n) is 2.37. The summed E-state index contributed by atoms with van der Waals surface area (Å²) in [5.41, 5.74) is 1.68. The van der Waals surface area contributed by atoms with Crippen molar-refractivity contribution in [3.05, 3.63) is 34.0 Å². The molecule has 0 radical (unpaired) electrons. The van der Waals surface area contributed by atoms with Crippen molar-refractivity contribution in [1.82, 2.24) is 15.0 Å². The Kier molecular flexibility index (Phi) is 3.11. The summed E-state index contributed by atoms with van der Waals surface area (Å²) in [6, 6.07) is 1.96. The van der Waals surface area contributed by atoms with E-state index in [0.717, 1.165) is 16.4 Å². The molecule has 2 rings (SSSR count). The zero-order chi connectivity index (χ0) is 12.5. The van der Waals surface area contributed by atoms with Crippen molar-refractivity contribution in [2.24, 2.45) is 0 Å². The summed E-state index contributed by atoms with van der Waals surface area (Å²) in [6.45, 7) is 8.09. The third kappa shape index (κ3) is 2.79. The second-order valence-corrected chi connectivity index (χ2v) is 5.46. The molecule has 0 saturated carbocycles. The highest BCUT2D eigenvalue weighted by molar-refractivity contribution is 7.09. The topological polar surface area (TPSA) is 50.7 Å². The maximum Gasteiger partial charge on any atom is 0.223 e. The predicted molar refractivity (Wildman–Crippen MR) is 70.3 cm³/mol. The van der Waals surface area contributed by atoms with Gasteiger partial charge in [0.2, 0.25) is 5.95 Å². The summed E-state index contributed by atoms with van der Waals surface area (Å²) >= 11 is 1.63. The van der Waals surface area contributed by atoms with Crippen molar-refractivity contribution >= 4 is 17.3 Å². The van der Waals surface area contributed by atoms with Gasteiger partial charge in [-0.3, -0.25) is 0 Å². The fraction of sp³-hybridized carbons (Fsp3) is 0.417. The number of nitrogens with zero attached hydrogens (tertiary/aromatic N) is 3. The monoisotopic (exact) mass is 248 g/mol. The first kappa shape index (κ1) is 12.0. The molecule has 0 spiro atoms. The van der Waals surface area contributed by atoms with Crippen molar-refractivity contribution in [3.8, 4) is 0 Å². The van der Waals surface area contributed by atoms with E-state index in [4.69, 9.17) is 0 Å². The predicted octanol–water partition coefficient (Wildman–Crippen LogP) is 2.90. The van der Waals surface area contributed by atoms with Gasteiger partial charge in [-0.1, -0.05) is 0 Å². The lowest BCUT2D eigenvalue weighted by molar-refractivity contribution is 0.596. The van der Waals surface area contributed by atoms with Crippen LogP contribution in [0.3, 0.4) is 0 Å². The fourth-order valence-corrected chi connectivity index (χ4v) is 2.36. The number of rotatable bonds is 3. The van der Waals surface area contributed by atoms with Crippen molar-refractivity contribution in [2.75, 3.05) is 5.32 Å². The molecular formula is C12H16N4S. The van der Waals surface area contributed by atoms with E-state index in [1.54, 1.807) is 11.3 Å². The molecule has 0 amide bonds. The number of thiazole rings is 1. The normalized spacial score (nSPS) is 11.5. The zero-order valence-corrected chi connectivity index (χ0v) is 11.3. The Bertz CT molecular complexity index is 485. The third-order valence-corrected chi connectivity index (χ3v) is 3.47. The van der Waals surface area contributed by atoms with Crippen LogP contribution in [0.4, 0.5) is 5.95 Å². The Morgan fingerprint density at radius 3 is 2.35 bits per heavy atom. The molecular weight excluding hydrogens is 232 g/mol. The van der Waals surface area contributed by atoms with E-state index in [1.807, 2.05) is 31.5 Å². The Labute approximate surface area is 105 Å². The molecule has 0 fully saturated rings. The van der Waals surface area contributed by atoms with Gasteiger partial charge in [0.25, 0.3) is 0 Å². The first-order valence-electron chi connectivity index (χ1n) is 5.48. The molecule has 0 aromatic carbocycles. The lowest BCUT2D eigenvalue weighted by Crippen LogP contribution is -2.29. The molecule has 2 aromatic rings. The van der Waals surface area contributed by atoms with Crippen LogP contribution in [0.25, 0.3) is 0 Å². The van der Waals surface area contributed by atoms with Gasteiger partial charge < -0.3 is 5.32 Å². The minimum Gasteiger partial charge on any atom is -0.343 e. The molecule has 0 unspecified atom stereocenters. The highest BCUT2D eigenvalue weighted by Crippen LogP contribution is 2.25. The summed E-state index contributed by atoms with van der Waals surface area (Å²) in [5, 5.41) is 6.33. The average Bonchev–Trinajstić information content (AvgIpc) is 2.67. The maximum absolute atomic E-state index is 4.38. The quantitative estimate of drug-likeness (QED) is 0.907. The van der Waals surface area contributed by atoms with Crippen LogP contribution in [-0.2, 0) is 5.54 Å². The zero-order valence-electron chi connectivity index (χ0n) is 10.5. The van der Waals surface area contributed by atoms with E-state index >= 15 is 0 Å². The molecule has 2 heterocycles. The Hall–Kier alpha value is -1.49. The van der Waals surface area contributed by atoms with Gasteiger partial charge in [-0.15, -0.1) is 11.3 Å².